The molecule has 0 amide bonds. The number of ether oxygens (including phenoxy) is 1. The van der Waals surface area contributed by atoms with Gasteiger partial charge in [-0.1, -0.05) is 17.7 Å². The summed E-state index contributed by atoms with van der Waals surface area (Å²) in [5.41, 5.74) is 1.94. The Morgan fingerprint density at radius 3 is 2.65 bits per heavy atom. The maximum Gasteiger partial charge on any atom is 0.173 e. The van der Waals surface area contributed by atoms with Crippen molar-refractivity contribution in [2.45, 2.75) is 13.0 Å². The van der Waals surface area contributed by atoms with Crippen LogP contribution in [0.2, 0.25) is 5.02 Å². The van der Waals surface area contributed by atoms with Crippen molar-refractivity contribution in [1.29, 1.82) is 0 Å². The molecule has 0 unspecified atom stereocenters. The Morgan fingerprint density at radius 2 is 2.08 bits per heavy atom. The second-order valence-corrected chi connectivity index (χ2v) is 7.03. The lowest BCUT2D eigenvalue weighted by Gasteiger charge is -2.33. The molecule has 1 heterocycles. The zero-order chi connectivity index (χ0) is 19.1. The maximum atomic E-state index is 6.22. The molecule has 0 aliphatic rings. The van der Waals surface area contributed by atoms with Gasteiger partial charge in [-0.15, -0.1) is 0 Å². The molecule has 140 valence electrons. The first-order valence-corrected chi connectivity index (χ1v) is 9.16. The third-order valence-electron chi connectivity index (χ3n) is 4.09. The van der Waals surface area contributed by atoms with E-state index in [1.807, 2.05) is 44.6 Å². The van der Waals surface area contributed by atoms with Gasteiger partial charge in [0, 0.05) is 31.2 Å². The van der Waals surface area contributed by atoms with E-state index < -0.39 is 0 Å². The number of hydrogen-bond acceptors (Lipinski definition) is 4. The van der Waals surface area contributed by atoms with Gasteiger partial charge in [-0.25, -0.2) is 0 Å². The van der Waals surface area contributed by atoms with Crippen molar-refractivity contribution in [3.63, 3.8) is 0 Å². The molecule has 1 N–H and O–H groups in total. The summed E-state index contributed by atoms with van der Waals surface area (Å²) < 4.78 is 5.20. The highest BCUT2D eigenvalue weighted by Gasteiger charge is 2.19. The normalized spacial score (nSPS) is 11.9. The van der Waals surface area contributed by atoms with Crippen LogP contribution in [0, 0.1) is 0 Å². The van der Waals surface area contributed by atoms with Gasteiger partial charge in [-0.05, 0) is 63.1 Å². The van der Waals surface area contributed by atoms with E-state index in [9.17, 15) is 0 Å². The Bertz CT molecular complexity index is 727. The molecule has 1 atom stereocenters. The number of nitrogens with zero attached hydrogens (tertiary/aromatic N) is 3. The van der Waals surface area contributed by atoms with Crippen LogP contribution < -0.4 is 10.1 Å². The third-order valence-corrected chi connectivity index (χ3v) is 4.72. The first kappa shape index (κ1) is 20.4. The second-order valence-electron chi connectivity index (χ2n) is 6.24. The van der Waals surface area contributed by atoms with E-state index in [1.54, 1.807) is 13.3 Å². The summed E-state index contributed by atoms with van der Waals surface area (Å²) in [4.78, 5) is 8.52. The van der Waals surface area contributed by atoms with Crippen LogP contribution in [0.5, 0.6) is 5.75 Å². The number of benzene rings is 1. The van der Waals surface area contributed by atoms with Crippen LogP contribution in [-0.2, 0) is 0 Å². The van der Waals surface area contributed by atoms with E-state index in [4.69, 9.17) is 28.6 Å². The number of pyridine rings is 1. The topological polar surface area (TPSA) is 40.6 Å². The van der Waals surface area contributed by atoms with Crippen molar-refractivity contribution < 1.29 is 4.74 Å². The Labute approximate surface area is 165 Å². The Morgan fingerprint density at radius 1 is 1.31 bits per heavy atom. The summed E-state index contributed by atoms with van der Waals surface area (Å²) in [5, 5.41) is 4.47. The second kappa shape index (κ2) is 9.71. The molecule has 0 saturated heterocycles. The molecule has 2 rings (SSSR count). The van der Waals surface area contributed by atoms with Crippen molar-refractivity contribution in [1.82, 2.24) is 14.8 Å². The van der Waals surface area contributed by atoms with Crippen molar-refractivity contribution in [3.8, 4) is 5.75 Å². The summed E-state index contributed by atoms with van der Waals surface area (Å²) in [6, 6.07) is 9.63. The molecule has 1 aromatic carbocycles. The van der Waals surface area contributed by atoms with Gasteiger partial charge in [0.2, 0.25) is 0 Å². The predicted octanol–water partition coefficient (Wildman–Crippen LogP) is 4.07. The molecular formula is C19H25ClN4OS. The average Bonchev–Trinajstić information content (AvgIpc) is 2.62. The van der Waals surface area contributed by atoms with Gasteiger partial charge in [0.05, 0.1) is 18.2 Å². The fraction of sp³-hybridized carbons (Fsp3) is 0.368. The van der Waals surface area contributed by atoms with Crippen LogP contribution in [0.1, 0.15) is 18.5 Å². The van der Waals surface area contributed by atoms with Crippen LogP contribution in [0.3, 0.4) is 0 Å². The summed E-state index contributed by atoms with van der Waals surface area (Å²) >= 11 is 11.9. The maximum absolute atomic E-state index is 6.22. The van der Waals surface area contributed by atoms with E-state index in [2.05, 4.69) is 33.1 Å². The Kier molecular flexibility index (Phi) is 7.63. The van der Waals surface area contributed by atoms with E-state index in [1.165, 1.54) is 0 Å². The zero-order valence-electron chi connectivity index (χ0n) is 15.6. The molecule has 2 aromatic rings. The van der Waals surface area contributed by atoms with E-state index in [0.717, 1.165) is 24.3 Å². The lowest BCUT2D eigenvalue weighted by molar-refractivity contribution is 0.289. The summed E-state index contributed by atoms with van der Waals surface area (Å²) in [6.07, 6.45) is 3.65. The summed E-state index contributed by atoms with van der Waals surface area (Å²) in [6.45, 7) is 3.80. The molecule has 5 nitrogen and oxygen atoms in total. The number of hydrogen-bond donors (Lipinski definition) is 1. The third kappa shape index (κ3) is 5.56. The lowest BCUT2D eigenvalue weighted by Crippen LogP contribution is -2.40. The van der Waals surface area contributed by atoms with Crippen molar-refractivity contribution in [2.24, 2.45) is 0 Å². The van der Waals surface area contributed by atoms with Crippen molar-refractivity contribution in [2.75, 3.05) is 39.6 Å². The molecule has 0 bridgehead atoms. The number of nitrogens with one attached hydrogen (secondary N) is 1. The standard InChI is InChI=1S/C19H25ClN4OS/c1-14(15-6-5-9-21-13-15)24(11-10-23(2)3)19(26)22-16-7-8-18(25-4)17(20)12-16/h5-9,12-14H,10-11H2,1-4H3,(H,22,26)/t14-/m0/s1. The molecule has 0 spiro atoms. The van der Waals surface area contributed by atoms with E-state index in [0.29, 0.717) is 15.9 Å². The first-order valence-electron chi connectivity index (χ1n) is 8.38. The highest BCUT2D eigenvalue weighted by Crippen LogP contribution is 2.28. The SMILES string of the molecule is COc1ccc(NC(=S)N(CCN(C)C)[C@@H](C)c2cccnc2)cc1Cl. The molecule has 0 aliphatic carbocycles. The number of thiocarbonyl (C=S) groups is 1. The minimum absolute atomic E-state index is 0.0948. The van der Waals surface area contributed by atoms with Crippen LogP contribution >= 0.6 is 23.8 Å². The van der Waals surface area contributed by atoms with Crippen LogP contribution in [-0.4, -0.2) is 54.2 Å². The van der Waals surface area contributed by atoms with E-state index in [-0.39, 0.29) is 6.04 Å². The highest BCUT2D eigenvalue weighted by molar-refractivity contribution is 7.80. The molecule has 26 heavy (non-hydrogen) atoms. The van der Waals surface area contributed by atoms with Crippen molar-refractivity contribution in [3.05, 3.63) is 53.3 Å². The van der Waals surface area contributed by atoms with Gasteiger partial charge >= 0.3 is 0 Å². The molecule has 0 saturated carbocycles. The van der Waals surface area contributed by atoms with Gasteiger partial charge in [0.25, 0.3) is 0 Å². The summed E-state index contributed by atoms with van der Waals surface area (Å²) in [7, 11) is 5.69. The van der Waals surface area contributed by atoms with Gasteiger partial charge < -0.3 is 19.9 Å². The minimum Gasteiger partial charge on any atom is -0.495 e. The average molecular weight is 393 g/mol. The number of methoxy groups -OCH3 is 1. The molecule has 1 aromatic heterocycles. The van der Waals surface area contributed by atoms with Gasteiger partial charge in [0.15, 0.2) is 5.11 Å². The summed E-state index contributed by atoms with van der Waals surface area (Å²) in [5.74, 6) is 0.635. The number of likely N-dealkylation sites (N-methyl/N-ethyl adjacent to an activating group) is 1. The highest BCUT2D eigenvalue weighted by atomic mass is 35.5. The molecular weight excluding hydrogens is 368 g/mol. The number of anilines is 1. The smallest absolute Gasteiger partial charge is 0.173 e. The van der Waals surface area contributed by atoms with Gasteiger partial charge in [0.1, 0.15) is 5.75 Å². The van der Waals surface area contributed by atoms with Crippen LogP contribution in [0.15, 0.2) is 42.7 Å². The largest absolute Gasteiger partial charge is 0.495 e. The monoisotopic (exact) mass is 392 g/mol. The fourth-order valence-electron chi connectivity index (χ4n) is 2.52. The van der Waals surface area contributed by atoms with E-state index >= 15 is 0 Å². The first-order chi connectivity index (χ1) is 12.4. The van der Waals surface area contributed by atoms with Crippen LogP contribution in [0.25, 0.3) is 0 Å². The zero-order valence-corrected chi connectivity index (χ0v) is 17.1. The van der Waals surface area contributed by atoms with Gasteiger partial charge in [-0.2, -0.15) is 0 Å². The molecule has 0 radical (unpaired) electrons. The number of aromatic nitrogens is 1. The van der Waals surface area contributed by atoms with Crippen LogP contribution in [0.4, 0.5) is 5.69 Å². The quantitative estimate of drug-likeness (QED) is 0.716. The Balaban J connectivity index is 2.18. The molecule has 0 aliphatic heterocycles. The number of rotatable bonds is 7. The fourth-order valence-corrected chi connectivity index (χ4v) is 3.15. The molecule has 0 fully saturated rings. The minimum atomic E-state index is 0.0948. The van der Waals surface area contributed by atoms with Gasteiger partial charge in [-0.3, -0.25) is 4.98 Å². The van der Waals surface area contributed by atoms with Crippen molar-refractivity contribution >= 4 is 34.6 Å². The molecule has 7 heteroatoms. The predicted molar refractivity (Wildman–Crippen MR) is 112 cm³/mol. The number of halogens is 1. The Hall–Kier alpha value is -1.89. The lowest BCUT2D eigenvalue weighted by atomic mass is 10.1.